The Morgan fingerprint density at radius 2 is 1.75 bits per heavy atom. The number of hydrogen-bond donors (Lipinski definition) is 0. The van der Waals surface area contributed by atoms with Crippen LogP contribution in [0.5, 0.6) is 0 Å². The van der Waals surface area contributed by atoms with Gasteiger partial charge in [-0.3, -0.25) is 0 Å². The number of rotatable bonds is 0. The summed E-state index contributed by atoms with van der Waals surface area (Å²) in [6.07, 6.45) is 1.00. The monoisotopic (exact) mass is 80.0 g/mol. The average molecular weight is 80.1 g/mol. The van der Waals surface area contributed by atoms with Crippen molar-refractivity contribution < 1.29 is 51.4 Å². The van der Waals surface area contributed by atoms with Gasteiger partial charge in [0.2, 0.25) is 0 Å². The fourth-order valence-corrected chi connectivity index (χ4v) is 0. The first-order valence-electron chi connectivity index (χ1n) is 0.474. The molecule has 0 bridgehead atoms. The van der Waals surface area contributed by atoms with Crippen molar-refractivity contribution in [3.63, 3.8) is 0 Å². The fraction of sp³-hybridized carbons (Fsp3) is 0. The molecule has 0 rings (SSSR count). The van der Waals surface area contributed by atoms with Crippen LogP contribution in [-0.2, 0) is 0 Å². The van der Waals surface area contributed by atoms with Crippen molar-refractivity contribution in [2.24, 2.45) is 0 Å². The first-order valence-corrected chi connectivity index (χ1v) is 0.474. The van der Waals surface area contributed by atoms with Gasteiger partial charge in [-0.05, 0) is 0 Å². The smallest absolute Gasteiger partial charge is 0.494 e. The summed E-state index contributed by atoms with van der Waals surface area (Å²) in [5.41, 5.74) is 5.51. The fourth-order valence-electron chi connectivity index (χ4n) is 0. The van der Waals surface area contributed by atoms with Gasteiger partial charge in [0.05, 0.1) is 0 Å². The minimum absolute atomic E-state index is 0. The van der Waals surface area contributed by atoms with Gasteiger partial charge in [0.15, 0.2) is 0 Å². The van der Waals surface area contributed by atoms with E-state index < -0.39 is 0 Å². The molecule has 0 spiro atoms. The van der Waals surface area contributed by atoms with Crippen LogP contribution in [-0.4, -0.2) is 0 Å². The minimum atomic E-state index is 0. The van der Waals surface area contributed by atoms with Crippen molar-refractivity contribution in [3.05, 3.63) is 5.73 Å². The standard InChI is InChI=1S/CHN2.K/c2-1-3;/h2H;/q-1;+1. The van der Waals surface area contributed by atoms with Gasteiger partial charge in [0.1, 0.15) is 0 Å². The molecule has 0 unspecified atom stereocenters. The van der Waals surface area contributed by atoms with Gasteiger partial charge in [-0.15, -0.1) is 0 Å². The second-order valence-corrected chi connectivity index (χ2v) is 0.112. The van der Waals surface area contributed by atoms with Crippen LogP contribution < -0.4 is 51.4 Å². The van der Waals surface area contributed by atoms with E-state index in [1.165, 1.54) is 0 Å². The molecule has 0 aliphatic heterocycles. The summed E-state index contributed by atoms with van der Waals surface area (Å²) in [5, 5.41) is 6.99. The van der Waals surface area contributed by atoms with Crippen LogP contribution in [0.2, 0.25) is 0 Å². The molecule has 16 valence electrons. The summed E-state index contributed by atoms with van der Waals surface area (Å²) >= 11 is 0. The van der Waals surface area contributed by atoms with E-state index in [9.17, 15) is 0 Å². The average Bonchev–Trinajstić information content (AvgIpc) is 0.918. The van der Waals surface area contributed by atoms with Crippen LogP contribution in [0, 0.1) is 11.5 Å². The van der Waals surface area contributed by atoms with Gasteiger partial charge in [-0.1, -0.05) is 6.19 Å². The van der Waals surface area contributed by atoms with E-state index in [0.717, 1.165) is 6.19 Å². The zero-order valence-corrected chi connectivity index (χ0v) is 5.57. The minimum Gasteiger partial charge on any atom is -0.494 e. The third-order valence-electron chi connectivity index (χ3n) is 0. The zero-order chi connectivity index (χ0) is 2.71. The molecule has 0 saturated heterocycles. The molecular weight excluding hydrogens is 79.1 g/mol. The van der Waals surface area contributed by atoms with Crippen molar-refractivity contribution in [2.75, 3.05) is 0 Å². The van der Waals surface area contributed by atoms with Crippen LogP contribution in [0.3, 0.4) is 0 Å². The van der Waals surface area contributed by atoms with E-state index in [4.69, 9.17) is 11.0 Å². The summed E-state index contributed by atoms with van der Waals surface area (Å²) in [5.74, 6) is 0. The summed E-state index contributed by atoms with van der Waals surface area (Å²) in [6, 6.07) is 0. The van der Waals surface area contributed by atoms with E-state index in [-0.39, 0.29) is 51.4 Å². The predicted molar refractivity (Wildman–Crippen MR) is 9.93 cm³/mol. The van der Waals surface area contributed by atoms with Crippen LogP contribution in [0.1, 0.15) is 0 Å². The Bertz CT molecular complexity index is 27.5. The molecule has 0 amide bonds. The van der Waals surface area contributed by atoms with Gasteiger partial charge >= 0.3 is 51.4 Å². The number of nitriles is 1. The third-order valence-corrected chi connectivity index (χ3v) is 0. The maximum atomic E-state index is 6.99. The molecule has 0 heterocycles. The van der Waals surface area contributed by atoms with E-state index in [1.807, 2.05) is 0 Å². The normalized spacial score (nSPS) is 1.75. The molecule has 0 radical (unpaired) electrons. The number of hydrogen-bond acceptors (Lipinski definition) is 1. The number of nitrogens with zero attached hydrogens (tertiary/aromatic N) is 1. The van der Waals surface area contributed by atoms with E-state index >= 15 is 0 Å². The molecule has 0 fully saturated rings. The van der Waals surface area contributed by atoms with Gasteiger partial charge < -0.3 is 11.0 Å². The molecule has 0 aromatic carbocycles. The summed E-state index contributed by atoms with van der Waals surface area (Å²) < 4.78 is 0. The first kappa shape index (κ1) is 8.87. The molecule has 0 aliphatic carbocycles. The van der Waals surface area contributed by atoms with Crippen molar-refractivity contribution in [2.45, 2.75) is 0 Å². The molecule has 0 aliphatic rings. The predicted octanol–water partition coefficient (Wildman–Crippen LogP) is -2.48. The second-order valence-electron chi connectivity index (χ2n) is 0.112. The van der Waals surface area contributed by atoms with Crippen LogP contribution in [0.15, 0.2) is 0 Å². The van der Waals surface area contributed by atoms with Crippen molar-refractivity contribution >= 4 is 0 Å². The Morgan fingerprint density at radius 1 is 1.75 bits per heavy atom. The summed E-state index contributed by atoms with van der Waals surface area (Å²) in [4.78, 5) is 0. The molecular formula is CHKN2. The molecule has 2 nitrogen and oxygen atoms in total. The Kier molecular flexibility index (Phi) is 20.1. The third kappa shape index (κ3) is 12.7. The van der Waals surface area contributed by atoms with Crippen LogP contribution >= 0.6 is 0 Å². The molecule has 0 aromatic heterocycles. The van der Waals surface area contributed by atoms with Gasteiger partial charge in [0.25, 0.3) is 0 Å². The van der Waals surface area contributed by atoms with E-state index in [1.54, 1.807) is 0 Å². The SMILES string of the molecule is N#C[NH-].[K+]. The van der Waals surface area contributed by atoms with Gasteiger partial charge in [-0.2, -0.15) is 0 Å². The number of nitrogens with one attached hydrogen (secondary N) is 1. The maximum Gasteiger partial charge on any atom is 1.00 e. The molecule has 3 heteroatoms. The van der Waals surface area contributed by atoms with E-state index in [2.05, 4.69) is 0 Å². The Morgan fingerprint density at radius 3 is 1.75 bits per heavy atom. The maximum absolute atomic E-state index is 6.99. The quantitative estimate of drug-likeness (QED) is 0.235. The van der Waals surface area contributed by atoms with E-state index in [0.29, 0.717) is 0 Å². The molecule has 1 N–H and O–H groups in total. The Labute approximate surface area is 67.4 Å². The summed E-state index contributed by atoms with van der Waals surface area (Å²) in [7, 11) is 0. The van der Waals surface area contributed by atoms with Crippen molar-refractivity contribution in [1.29, 1.82) is 5.26 Å². The van der Waals surface area contributed by atoms with Crippen molar-refractivity contribution in [3.8, 4) is 6.19 Å². The molecule has 0 atom stereocenters. The first-order chi connectivity index (χ1) is 1.41. The largest absolute Gasteiger partial charge is 1.00 e. The summed E-state index contributed by atoms with van der Waals surface area (Å²) in [6.45, 7) is 0. The van der Waals surface area contributed by atoms with Crippen molar-refractivity contribution in [1.82, 2.24) is 0 Å². The Hall–Kier alpha value is 0.926. The molecule has 4 heavy (non-hydrogen) atoms. The van der Waals surface area contributed by atoms with Gasteiger partial charge in [0, 0.05) is 0 Å². The molecule has 0 aromatic rings. The topological polar surface area (TPSA) is 47.6 Å². The van der Waals surface area contributed by atoms with Gasteiger partial charge in [-0.25, -0.2) is 0 Å². The van der Waals surface area contributed by atoms with Crippen LogP contribution in [0.4, 0.5) is 0 Å². The van der Waals surface area contributed by atoms with Crippen LogP contribution in [0.25, 0.3) is 5.73 Å². The zero-order valence-electron chi connectivity index (χ0n) is 2.45. The molecule has 0 saturated carbocycles. The Balaban J connectivity index is 0. The second kappa shape index (κ2) is 9.06.